The molecule has 148 valence electrons. The Kier molecular flexibility index (Phi) is 6.21. The molecule has 0 bridgehead atoms. The number of nitrogens with one attached hydrogen (secondary N) is 2. The van der Waals surface area contributed by atoms with Gasteiger partial charge in [-0.1, -0.05) is 19.1 Å². The van der Waals surface area contributed by atoms with Gasteiger partial charge in [0, 0.05) is 23.0 Å². The molecule has 3 rings (SSSR count). The lowest BCUT2D eigenvalue weighted by Gasteiger charge is -2.14. The second-order valence-electron chi connectivity index (χ2n) is 6.63. The standard InChI is InChI=1S/C22H27N3O3/c1-4-17(24-15-9-7-14(8-10-15)6-5-11-23)21-16-12-19(27-2)20(28-3)13-18(16)25-22(21)26/h7-10,12-13,24H,4-6,11,23H2,1-3H3,(H,25,26)/b21-17+. The van der Waals surface area contributed by atoms with Crippen LogP contribution in [-0.4, -0.2) is 26.7 Å². The maximum Gasteiger partial charge on any atom is 0.258 e. The van der Waals surface area contributed by atoms with Crippen LogP contribution in [0.3, 0.4) is 0 Å². The van der Waals surface area contributed by atoms with E-state index in [1.54, 1.807) is 20.3 Å². The molecule has 0 saturated heterocycles. The number of hydrogen-bond donors (Lipinski definition) is 3. The number of amides is 1. The fourth-order valence-corrected chi connectivity index (χ4v) is 3.36. The van der Waals surface area contributed by atoms with Crippen molar-refractivity contribution < 1.29 is 14.3 Å². The monoisotopic (exact) mass is 381 g/mol. The van der Waals surface area contributed by atoms with Gasteiger partial charge in [-0.3, -0.25) is 4.79 Å². The summed E-state index contributed by atoms with van der Waals surface area (Å²) in [7, 11) is 3.16. The number of carbonyl (C=O) groups is 1. The third-order valence-electron chi connectivity index (χ3n) is 4.84. The zero-order valence-corrected chi connectivity index (χ0v) is 16.6. The molecule has 1 amide bonds. The number of hydrogen-bond acceptors (Lipinski definition) is 5. The maximum absolute atomic E-state index is 12.7. The van der Waals surface area contributed by atoms with Gasteiger partial charge in [0.15, 0.2) is 11.5 Å². The van der Waals surface area contributed by atoms with Crippen molar-refractivity contribution in [1.29, 1.82) is 0 Å². The molecular formula is C22H27N3O3. The molecule has 2 aromatic rings. The van der Waals surface area contributed by atoms with E-state index in [-0.39, 0.29) is 5.91 Å². The molecule has 1 aliphatic heterocycles. The van der Waals surface area contributed by atoms with E-state index in [0.717, 1.165) is 35.5 Å². The van der Waals surface area contributed by atoms with E-state index in [0.29, 0.717) is 30.0 Å². The van der Waals surface area contributed by atoms with Gasteiger partial charge in [-0.2, -0.15) is 0 Å². The van der Waals surface area contributed by atoms with Crippen molar-refractivity contribution in [2.45, 2.75) is 26.2 Å². The van der Waals surface area contributed by atoms with Crippen molar-refractivity contribution in [1.82, 2.24) is 0 Å². The first kappa shape index (κ1) is 19.8. The first-order chi connectivity index (χ1) is 13.6. The van der Waals surface area contributed by atoms with E-state index in [1.165, 1.54) is 5.56 Å². The van der Waals surface area contributed by atoms with Crippen LogP contribution in [0, 0.1) is 0 Å². The number of carbonyl (C=O) groups excluding carboxylic acids is 1. The Balaban J connectivity index is 1.94. The first-order valence-electron chi connectivity index (χ1n) is 9.48. The van der Waals surface area contributed by atoms with Crippen molar-refractivity contribution >= 4 is 22.9 Å². The summed E-state index contributed by atoms with van der Waals surface area (Å²) in [6.07, 6.45) is 2.63. The van der Waals surface area contributed by atoms with E-state index in [9.17, 15) is 4.79 Å². The van der Waals surface area contributed by atoms with Crippen LogP contribution >= 0.6 is 0 Å². The fourth-order valence-electron chi connectivity index (χ4n) is 3.36. The van der Waals surface area contributed by atoms with Crippen LogP contribution in [0.1, 0.15) is 30.9 Å². The predicted octanol–water partition coefficient (Wildman–Crippen LogP) is 3.78. The number of aryl methyl sites for hydroxylation is 1. The zero-order chi connectivity index (χ0) is 20.1. The number of nitrogens with two attached hydrogens (primary N) is 1. The van der Waals surface area contributed by atoms with E-state index >= 15 is 0 Å². The number of fused-ring (bicyclic) bond motifs is 1. The number of ether oxygens (including phenoxy) is 2. The van der Waals surface area contributed by atoms with Gasteiger partial charge in [-0.15, -0.1) is 0 Å². The number of methoxy groups -OCH3 is 2. The van der Waals surface area contributed by atoms with Gasteiger partial charge in [0.2, 0.25) is 0 Å². The number of rotatable bonds is 8. The molecule has 0 saturated carbocycles. The Hall–Kier alpha value is -2.99. The Bertz CT molecular complexity index is 889. The highest BCUT2D eigenvalue weighted by Crippen LogP contribution is 2.42. The minimum atomic E-state index is -0.130. The smallest absolute Gasteiger partial charge is 0.258 e. The van der Waals surface area contributed by atoms with Crippen LogP contribution in [0.25, 0.3) is 5.57 Å². The molecule has 2 aromatic carbocycles. The zero-order valence-electron chi connectivity index (χ0n) is 16.6. The van der Waals surface area contributed by atoms with Crippen molar-refractivity contribution in [3.8, 4) is 11.5 Å². The average molecular weight is 381 g/mol. The van der Waals surface area contributed by atoms with Crippen LogP contribution < -0.4 is 25.8 Å². The van der Waals surface area contributed by atoms with Crippen molar-refractivity contribution in [2.75, 3.05) is 31.4 Å². The van der Waals surface area contributed by atoms with Crippen molar-refractivity contribution in [3.63, 3.8) is 0 Å². The predicted molar refractivity (Wildman–Crippen MR) is 113 cm³/mol. The highest BCUT2D eigenvalue weighted by Gasteiger charge is 2.29. The summed E-state index contributed by atoms with van der Waals surface area (Å²) in [5.74, 6) is 1.05. The van der Waals surface area contributed by atoms with Crippen LogP contribution in [0.4, 0.5) is 11.4 Å². The SMILES string of the molecule is CC/C(Nc1ccc(CCCN)cc1)=C1\C(=O)Nc2cc(OC)c(OC)cc21. The molecule has 1 aliphatic rings. The van der Waals surface area contributed by atoms with Crippen LogP contribution in [0.5, 0.6) is 11.5 Å². The van der Waals surface area contributed by atoms with Gasteiger partial charge in [-0.05, 0) is 49.6 Å². The normalized spacial score (nSPS) is 14.4. The highest BCUT2D eigenvalue weighted by molar-refractivity contribution is 6.32. The molecule has 0 aromatic heterocycles. The van der Waals surface area contributed by atoms with Crippen LogP contribution in [-0.2, 0) is 11.2 Å². The Morgan fingerprint density at radius 3 is 2.39 bits per heavy atom. The van der Waals surface area contributed by atoms with E-state index < -0.39 is 0 Å². The maximum atomic E-state index is 12.7. The van der Waals surface area contributed by atoms with Gasteiger partial charge < -0.3 is 25.8 Å². The molecule has 28 heavy (non-hydrogen) atoms. The molecule has 0 spiro atoms. The summed E-state index contributed by atoms with van der Waals surface area (Å²) in [6, 6.07) is 11.9. The number of anilines is 2. The molecule has 0 radical (unpaired) electrons. The molecule has 6 heteroatoms. The lowest BCUT2D eigenvalue weighted by Crippen LogP contribution is -2.10. The molecule has 0 aliphatic carbocycles. The minimum Gasteiger partial charge on any atom is -0.493 e. The topological polar surface area (TPSA) is 85.6 Å². The van der Waals surface area contributed by atoms with E-state index in [4.69, 9.17) is 15.2 Å². The fraction of sp³-hybridized carbons (Fsp3) is 0.318. The summed E-state index contributed by atoms with van der Waals surface area (Å²) >= 11 is 0. The van der Waals surface area contributed by atoms with Crippen molar-refractivity contribution in [2.24, 2.45) is 5.73 Å². The molecular weight excluding hydrogens is 354 g/mol. The van der Waals surface area contributed by atoms with Crippen LogP contribution in [0.2, 0.25) is 0 Å². The van der Waals surface area contributed by atoms with Gasteiger partial charge in [0.05, 0.1) is 25.5 Å². The third kappa shape index (κ3) is 3.97. The first-order valence-corrected chi connectivity index (χ1v) is 9.48. The highest BCUT2D eigenvalue weighted by atomic mass is 16.5. The molecule has 0 fully saturated rings. The van der Waals surface area contributed by atoms with Gasteiger partial charge in [0.1, 0.15) is 0 Å². The van der Waals surface area contributed by atoms with Gasteiger partial charge in [0.25, 0.3) is 5.91 Å². The van der Waals surface area contributed by atoms with E-state index in [1.807, 2.05) is 25.1 Å². The largest absolute Gasteiger partial charge is 0.493 e. The molecule has 0 atom stereocenters. The summed E-state index contributed by atoms with van der Waals surface area (Å²) in [5.41, 5.74) is 10.8. The summed E-state index contributed by atoms with van der Waals surface area (Å²) in [6.45, 7) is 2.71. The second-order valence-corrected chi connectivity index (χ2v) is 6.63. The third-order valence-corrected chi connectivity index (χ3v) is 4.84. The van der Waals surface area contributed by atoms with Gasteiger partial charge >= 0.3 is 0 Å². The van der Waals surface area contributed by atoms with E-state index in [2.05, 4.69) is 22.8 Å². The number of benzene rings is 2. The molecule has 6 nitrogen and oxygen atoms in total. The molecule has 0 unspecified atom stereocenters. The minimum absolute atomic E-state index is 0.130. The summed E-state index contributed by atoms with van der Waals surface area (Å²) < 4.78 is 10.7. The number of allylic oxidation sites excluding steroid dienone is 1. The Morgan fingerprint density at radius 2 is 1.79 bits per heavy atom. The molecule has 1 heterocycles. The van der Waals surface area contributed by atoms with Crippen molar-refractivity contribution in [3.05, 3.63) is 53.2 Å². The lowest BCUT2D eigenvalue weighted by atomic mass is 10.0. The lowest BCUT2D eigenvalue weighted by molar-refractivity contribution is -0.110. The van der Waals surface area contributed by atoms with Crippen LogP contribution in [0.15, 0.2) is 42.1 Å². The summed E-state index contributed by atoms with van der Waals surface area (Å²) in [4.78, 5) is 12.7. The quantitative estimate of drug-likeness (QED) is 0.606. The average Bonchev–Trinajstić information content (AvgIpc) is 3.04. The Labute approximate surface area is 165 Å². The summed E-state index contributed by atoms with van der Waals surface area (Å²) in [5, 5.41) is 6.34. The second kappa shape index (κ2) is 8.80. The molecule has 4 N–H and O–H groups in total. The Morgan fingerprint density at radius 1 is 1.11 bits per heavy atom. The van der Waals surface area contributed by atoms with Gasteiger partial charge in [-0.25, -0.2) is 0 Å².